The van der Waals surface area contributed by atoms with Crippen LogP contribution in [0.2, 0.25) is 0 Å². The summed E-state index contributed by atoms with van der Waals surface area (Å²) < 4.78 is 2.21. The van der Waals surface area contributed by atoms with Gasteiger partial charge in [0.2, 0.25) is 0 Å². The molecule has 21 heavy (non-hydrogen) atoms. The van der Waals surface area contributed by atoms with E-state index in [4.69, 9.17) is 0 Å². The van der Waals surface area contributed by atoms with Crippen molar-refractivity contribution >= 4 is 31.9 Å². The average molecular weight is 411 g/mol. The Morgan fingerprint density at radius 1 is 1.00 bits per heavy atom. The minimum atomic E-state index is 0.216. The highest BCUT2D eigenvalue weighted by atomic mass is 79.9. The van der Waals surface area contributed by atoms with Gasteiger partial charge in [-0.15, -0.1) is 0 Å². The highest BCUT2D eigenvalue weighted by Gasteiger charge is 2.15. The summed E-state index contributed by atoms with van der Waals surface area (Å²) in [7, 11) is 0. The highest BCUT2D eigenvalue weighted by molar-refractivity contribution is 9.11. The monoisotopic (exact) mass is 409 g/mol. The van der Waals surface area contributed by atoms with Crippen molar-refractivity contribution in [3.63, 3.8) is 0 Å². The highest BCUT2D eigenvalue weighted by Crippen LogP contribution is 2.31. The maximum Gasteiger partial charge on any atom is 0.0587 e. The molecule has 0 bridgehead atoms. The zero-order chi connectivity index (χ0) is 15.2. The van der Waals surface area contributed by atoms with Crippen molar-refractivity contribution in [2.24, 2.45) is 0 Å². The van der Waals surface area contributed by atoms with E-state index in [1.807, 2.05) is 0 Å². The molecule has 1 N–H and O–H groups in total. The van der Waals surface area contributed by atoms with E-state index in [1.54, 1.807) is 0 Å². The average Bonchev–Trinajstić information content (AvgIpc) is 2.47. The lowest BCUT2D eigenvalue weighted by Crippen LogP contribution is -2.22. The zero-order valence-corrected chi connectivity index (χ0v) is 15.7. The third-order valence-corrected chi connectivity index (χ3v) is 4.71. The Balaban J connectivity index is 2.33. The summed E-state index contributed by atoms with van der Waals surface area (Å²) in [6, 6.07) is 15.6. The van der Waals surface area contributed by atoms with Crippen molar-refractivity contribution in [1.29, 1.82) is 0 Å². The van der Waals surface area contributed by atoms with E-state index >= 15 is 0 Å². The van der Waals surface area contributed by atoms with Gasteiger partial charge in [-0.2, -0.15) is 0 Å². The molecule has 1 unspecified atom stereocenters. The maximum absolute atomic E-state index is 3.68. The molecule has 2 rings (SSSR count). The van der Waals surface area contributed by atoms with Gasteiger partial charge in [-0.05, 0) is 41.8 Å². The van der Waals surface area contributed by atoms with Gasteiger partial charge in [0.1, 0.15) is 0 Å². The second kappa shape index (κ2) is 8.11. The number of hydrogen-bond donors (Lipinski definition) is 1. The van der Waals surface area contributed by atoms with Crippen molar-refractivity contribution in [3.8, 4) is 0 Å². The van der Waals surface area contributed by atoms with E-state index in [1.165, 1.54) is 23.1 Å². The SMILES string of the molecule is CCCc1ccc(C(NCC)c2ccc(Br)cc2Br)cc1. The molecule has 0 spiro atoms. The second-order valence-electron chi connectivity index (χ2n) is 5.15. The van der Waals surface area contributed by atoms with E-state index in [0.29, 0.717) is 0 Å². The van der Waals surface area contributed by atoms with Gasteiger partial charge < -0.3 is 5.32 Å². The first-order valence-corrected chi connectivity index (χ1v) is 9.01. The van der Waals surface area contributed by atoms with Crippen LogP contribution in [0, 0.1) is 0 Å². The minimum absolute atomic E-state index is 0.216. The predicted molar refractivity (Wildman–Crippen MR) is 97.8 cm³/mol. The summed E-state index contributed by atoms with van der Waals surface area (Å²) in [5.41, 5.74) is 3.98. The smallest absolute Gasteiger partial charge is 0.0587 e. The molecule has 1 atom stereocenters. The lowest BCUT2D eigenvalue weighted by Gasteiger charge is -2.21. The first-order valence-electron chi connectivity index (χ1n) is 7.42. The molecular weight excluding hydrogens is 390 g/mol. The molecule has 0 aliphatic rings. The van der Waals surface area contributed by atoms with Gasteiger partial charge >= 0.3 is 0 Å². The summed E-state index contributed by atoms with van der Waals surface area (Å²) >= 11 is 7.20. The number of nitrogens with one attached hydrogen (secondary N) is 1. The Morgan fingerprint density at radius 3 is 2.29 bits per heavy atom. The maximum atomic E-state index is 3.68. The first-order chi connectivity index (χ1) is 10.2. The lowest BCUT2D eigenvalue weighted by atomic mass is 9.97. The van der Waals surface area contributed by atoms with E-state index in [0.717, 1.165) is 21.9 Å². The standard InChI is InChI=1S/C18H21Br2N/c1-3-5-13-6-8-14(9-7-13)18(21-4-2)16-11-10-15(19)12-17(16)20/h6-12,18,21H,3-5H2,1-2H3. The Hall–Kier alpha value is -0.640. The Morgan fingerprint density at radius 2 is 1.71 bits per heavy atom. The van der Waals surface area contributed by atoms with Crippen LogP contribution in [0.15, 0.2) is 51.4 Å². The van der Waals surface area contributed by atoms with Crippen LogP contribution in [0.5, 0.6) is 0 Å². The number of aryl methyl sites for hydroxylation is 1. The van der Waals surface area contributed by atoms with Crippen LogP contribution in [0.3, 0.4) is 0 Å². The van der Waals surface area contributed by atoms with Gasteiger partial charge in [-0.3, -0.25) is 0 Å². The van der Waals surface area contributed by atoms with Crippen molar-refractivity contribution < 1.29 is 0 Å². The van der Waals surface area contributed by atoms with E-state index in [-0.39, 0.29) is 6.04 Å². The predicted octanol–water partition coefficient (Wildman–Crippen LogP) is 5.86. The summed E-state index contributed by atoms with van der Waals surface area (Å²) in [4.78, 5) is 0. The van der Waals surface area contributed by atoms with Gasteiger partial charge in [-0.1, -0.05) is 82.5 Å². The minimum Gasteiger partial charge on any atom is -0.306 e. The fourth-order valence-corrected chi connectivity index (χ4v) is 3.79. The number of hydrogen-bond acceptors (Lipinski definition) is 1. The molecule has 2 aromatic rings. The van der Waals surface area contributed by atoms with Crippen molar-refractivity contribution in [1.82, 2.24) is 5.32 Å². The normalized spacial score (nSPS) is 12.4. The number of benzene rings is 2. The van der Waals surface area contributed by atoms with E-state index < -0.39 is 0 Å². The van der Waals surface area contributed by atoms with Crippen LogP contribution in [0.1, 0.15) is 43.0 Å². The Bertz CT molecular complexity index is 578. The zero-order valence-electron chi connectivity index (χ0n) is 12.5. The fraction of sp³-hybridized carbons (Fsp3) is 0.333. The molecular formula is C18H21Br2N. The third kappa shape index (κ3) is 4.41. The van der Waals surface area contributed by atoms with Crippen LogP contribution in [0.4, 0.5) is 0 Å². The topological polar surface area (TPSA) is 12.0 Å². The molecule has 1 nitrogen and oxygen atoms in total. The van der Waals surface area contributed by atoms with Gasteiger partial charge in [0, 0.05) is 8.95 Å². The van der Waals surface area contributed by atoms with Crippen molar-refractivity contribution in [2.75, 3.05) is 6.54 Å². The third-order valence-electron chi connectivity index (χ3n) is 3.53. The van der Waals surface area contributed by atoms with Crippen molar-refractivity contribution in [3.05, 3.63) is 68.1 Å². The summed E-state index contributed by atoms with van der Waals surface area (Å²) in [6.45, 7) is 5.30. The number of halogens is 2. The molecule has 0 aliphatic carbocycles. The quantitative estimate of drug-likeness (QED) is 0.628. The van der Waals surface area contributed by atoms with Crippen LogP contribution in [0.25, 0.3) is 0 Å². The molecule has 3 heteroatoms. The summed E-state index contributed by atoms with van der Waals surface area (Å²) in [6.07, 6.45) is 2.34. The summed E-state index contributed by atoms with van der Waals surface area (Å²) in [5, 5.41) is 3.58. The molecule has 2 aromatic carbocycles. The molecule has 0 heterocycles. The molecule has 112 valence electrons. The van der Waals surface area contributed by atoms with Crippen LogP contribution in [-0.2, 0) is 6.42 Å². The fourth-order valence-electron chi connectivity index (χ4n) is 2.51. The Labute approximate surface area is 144 Å². The van der Waals surface area contributed by atoms with Crippen LogP contribution >= 0.6 is 31.9 Å². The molecule has 0 saturated carbocycles. The molecule has 0 amide bonds. The van der Waals surface area contributed by atoms with Crippen LogP contribution in [-0.4, -0.2) is 6.54 Å². The van der Waals surface area contributed by atoms with E-state index in [9.17, 15) is 0 Å². The van der Waals surface area contributed by atoms with Gasteiger partial charge in [0.15, 0.2) is 0 Å². The molecule has 0 aliphatic heterocycles. The van der Waals surface area contributed by atoms with Crippen LogP contribution < -0.4 is 5.32 Å². The second-order valence-corrected chi connectivity index (χ2v) is 6.92. The summed E-state index contributed by atoms with van der Waals surface area (Å²) in [5.74, 6) is 0. The van der Waals surface area contributed by atoms with Crippen molar-refractivity contribution in [2.45, 2.75) is 32.7 Å². The number of rotatable bonds is 6. The first kappa shape index (κ1) is 16.7. The van der Waals surface area contributed by atoms with Gasteiger partial charge in [0.05, 0.1) is 6.04 Å². The lowest BCUT2D eigenvalue weighted by molar-refractivity contribution is 0.628. The van der Waals surface area contributed by atoms with Gasteiger partial charge in [0.25, 0.3) is 0 Å². The largest absolute Gasteiger partial charge is 0.306 e. The molecule has 0 aromatic heterocycles. The van der Waals surface area contributed by atoms with Gasteiger partial charge in [-0.25, -0.2) is 0 Å². The molecule has 0 saturated heterocycles. The van der Waals surface area contributed by atoms with E-state index in [2.05, 4.69) is 93.5 Å². The Kier molecular flexibility index (Phi) is 6.46. The molecule has 0 radical (unpaired) electrons. The molecule has 0 fully saturated rings.